The second kappa shape index (κ2) is 32.1. The van der Waals surface area contributed by atoms with E-state index in [1.165, 1.54) is 24.3 Å². The molecule has 0 heterocycles. The number of aryl methyl sites for hydroxylation is 1. The number of carbonyl (C=O) groups excluding carboxylic acids is 4. The fraction of sp³-hybridized carbons (Fsp3) is 0.379. The fourth-order valence-electron chi connectivity index (χ4n) is 7.46. The zero-order valence-electron chi connectivity index (χ0n) is 42.7. The van der Waals surface area contributed by atoms with Gasteiger partial charge in [-0.05, 0) is 124 Å². The molecule has 398 valence electrons. The van der Waals surface area contributed by atoms with Crippen LogP contribution >= 0.6 is 0 Å². The van der Waals surface area contributed by atoms with Crippen LogP contribution in [0, 0.1) is 0 Å². The molecule has 0 saturated heterocycles. The molecule has 5 unspecified atom stereocenters. The highest BCUT2D eigenvalue weighted by Crippen LogP contribution is 2.43. The Morgan fingerprint density at radius 3 is 1.01 bits per heavy atom. The molecule has 0 saturated carbocycles. The Morgan fingerprint density at radius 1 is 0.432 bits per heavy atom. The lowest BCUT2D eigenvalue weighted by Crippen LogP contribution is -2.27. The van der Waals surface area contributed by atoms with E-state index in [1.807, 2.05) is 97.1 Å². The normalized spacial score (nSPS) is 14.4. The Bertz CT molecular complexity index is 2340. The topological polar surface area (TPSA) is 223 Å². The molecule has 0 aliphatic heterocycles. The standard InChI is InChI=1S/C58H70O16/c1-6-10-54(63)71-37-46(59)33-67-50-24-15-41(16-25-50)14-17-43(42-18-26-51(27-19-42)68-34-47(60)38-72-55(64)11-7-2)32-58(5,44-20-28-52(29-21-44)69-35-48(61)39-73-56(65)12-8-3)45-22-30-53(31-23-45)70-36-49(62)40-74-57(66)13-9-4/h6-13,15-16,18-31,43,46-49,59-62H,14,17,32-40H2,1-5H3. The number of rotatable bonds is 32. The zero-order valence-corrected chi connectivity index (χ0v) is 42.7. The monoisotopic (exact) mass is 1020 g/mol. The average Bonchev–Trinajstić information content (AvgIpc) is 3.40. The van der Waals surface area contributed by atoms with Crippen LogP contribution in [-0.4, -0.2) is 122 Å². The van der Waals surface area contributed by atoms with Gasteiger partial charge in [-0.1, -0.05) is 79.8 Å². The molecule has 0 aliphatic rings. The third kappa shape index (κ3) is 21.5. The quantitative estimate of drug-likeness (QED) is 0.0215. The summed E-state index contributed by atoms with van der Waals surface area (Å²) >= 11 is 0. The molecule has 74 heavy (non-hydrogen) atoms. The predicted octanol–water partition coefficient (Wildman–Crippen LogP) is 7.24. The second-order valence-electron chi connectivity index (χ2n) is 17.4. The third-order valence-electron chi connectivity index (χ3n) is 11.3. The summed E-state index contributed by atoms with van der Waals surface area (Å²) in [5, 5.41) is 41.6. The van der Waals surface area contributed by atoms with Gasteiger partial charge in [0, 0.05) is 29.7 Å². The van der Waals surface area contributed by atoms with Gasteiger partial charge in [0.25, 0.3) is 0 Å². The van der Waals surface area contributed by atoms with Crippen molar-refractivity contribution in [3.8, 4) is 23.0 Å². The summed E-state index contributed by atoms with van der Waals surface area (Å²) in [4.78, 5) is 46.9. The third-order valence-corrected chi connectivity index (χ3v) is 11.3. The highest BCUT2D eigenvalue weighted by Gasteiger charge is 2.33. The van der Waals surface area contributed by atoms with E-state index >= 15 is 0 Å². The Morgan fingerprint density at radius 2 is 0.716 bits per heavy atom. The summed E-state index contributed by atoms with van der Waals surface area (Å²) < 4.78 is 43.7. The van der Waals surface area contributed by atoms with Crippen molar-refractivity contribution < 1.29 is 77.5 Å². The van der Waals surface area contributed by atoms with E-state index in [-0.39, 0.29) is 58.8 Å². The van der Waals surface area contributed by atoms with Crippen molar-refractivity contribution in [2.75, 3.05) is 52.9 Å². The lowest BCUT2D eigenvalue weighted by molar-refractivity contribution is -0.142. The number of aliphatic hydroxyl groups is 4. The average molecular weight is 1020 g/mol. The van der Waals surface area contributed by atoms with E-state index in [1.54, 1.807) is 52.0 Å². The number of hydrogen-bond donors (Lipinski definition) is 4. The van der Waals surface area contributed by atoms with Crippen molar-refractivity contribution >= 4 is 23.9 Å². The van der Waals surface area contributed by atoms with E-state index < -0.39 is 53.7 Å². The number of esters is 4. The summed E-state index contributed by atoms with van der Waals surface area (Å²) in [6.45, 7) is 7.64. The molecule has 16 heteroatoms. The molecule has 0 radical (unpaired) electrons. The minimum atomic E-state index is -1.05. The van der Waals surface area contributed by atoms with Gasteiger partial charge in [-0.15, -0.1) is 0 Å². The van der Waals surface area contributed by atoms with Gasteiger partial charge >= 0.3 is 23.9 Å². The SMILES string of the molecule is CC=CC(=O)OCC(O)COc1ccc(CCC(CC(C)(c2ccc(OCC(O)COC(=O)C=CC)cc2)c2ccc(OCC(O)COC(=O)C=CC)cc2)c2ccc(OCC(O)COC(=O)C=CC)cc2)cc1. The van der Waals surface area contributed by atoms with E-state index in [0.29, 0.717) is 42.3 Å². The van der Waals surface area contributed by atoms with E-state index in [0.717, 1.165) is 22.3 Å². The first-order chi connectivity index (χ1) is 35.6. The molecule has 4 rings (SSSR count). The smallest absolute Gasteiger partial charge is 0.330 e. The molecular weight excluding hydrogens is 953 g/mol. The van der Waals surface area contributed by atoms with Crippen molar-refractivity contribution in [1.29, 1.82) is 0 Å². The molecule has 4 aromatic carbocycles. The lowest BCUT2D eigenvalue weighted by Gasteiger charge is -2.35. The predicted molar refractivity (Wildman–Crippen MR) is 277 cm³/mol. The van der Waals surface area contributed by atoms with Gasteiger partial charge < -0.3 is 58.3 Å². The molecule has 0 aliphatic carbocycles. The second-order valence-corrected chi connectivity index (χ2v) is 17.4. The number of hydrogen-bond acceptors (Lipinski definition) is 16. The van der Waals surface area contributed by atoms with Crippen molar-refractivity contribution in [2.24, 2.45) is 0 Å². The zero-order chi connectivity index (χ0) is 53.7. The highest BCUT2D eigenvalue weighted by atomic mass is 16.6. The summed E-state index contributed by atoms with van der Waals surface area (Å²) in [6.07, 6.45) is 9.05. The van der Waals surface area contributed by atoms with Crippen LogP contribution in [0.4, 0.5) is 0 Å². The summed E-state index contributed by atoms with van der Waals surface area (Å²) in [7, 11) is 0. The van der Waals surface area contributed by atoms with E-state index in [2.05, 4.69) is 6.92 Å². The molecule has 5 atom stereocenters. The summed E-state index contributed by atoms with van der Waals surface area (Å²) in [6, 6.07) is 30.4. The minimum absolute atomic E-state index is 0.0710. The van der Waals surface area contributed by atoms with Crippen LogP contribution < -0.4 is 18.9 Å². The Hall–Kier alpha value is -7.24. The maximum Gasteiger partial charge on any atom is 0.330 e. The van der Waals surface area contributed by atoms with Crippen molar-refractivity contribution in [3.63, 3.8) is 0 Å². The van der Waals surface area contributed by atoms with Crippen LogP contribution in [-0.2, 0) is 50.0 Å². The van der Waals surface area contributed by atoms with Crippen LogP contribution in [0.3, 0.4) is 0 Å². The van der Waals surface area contributed by atoms with Crippen molar-refractivity contribution in [3.05, 3.63) is 168 Å². The molecule has 4 aromatic rings. The van der Waals surface area contributed by atoms with Crippen LogP contribution in [0.15, 0.2) is 146 Å². The summed E-state index contributed by atoms with van der Waals surface area (Å²) in [5.74, 6) is -0.257. The van der Waals surface area contributed by atoms with Gasteiger partial charge in [0.05, 0.1) is 0 Å². The number of allylic oxidation sites excluding steroid dienone is 4. The number of ether oxygens (including phenoxy) is 8. The van der Waals surface area contributed by atoms with Crippen LogP contribution in [0.1, 0.15) is 75.6 Å². The van der Waals surface area contributed by atoms with Gasteiger partial charge in [0.1, 0.15) is 100 Å². The molecule has 0 amide bonds. The maximum absolute atomic E-state index is 11.8. The van der Waals surface area contributed by atoms with Gasteiger partial charge in [-0.25, -0.2) is 19.2 Å². The van der Waals surface area contributed by atoms with Crippen LogP contribution in [0.25, 0.3) is 0 Å². The van der Waals surface area contributed by atoms with Crippen molar-refractivity contribution in [1.82, 2.24) is 0 Å². The van der Waals surface area contributed by atoms with E-state index in [4.69, 9.17) is 37.9 Å². The van der Waals surface area contributed by atoms with Gasteiger partial charge in [-0.2, -0.15) is 0 Å². The van der Waals surface area contributed by atoms with Gasteiger partial charge in [0.2, 0.25) is 0 Å². The number of benzene rings is 4. The van der Waals surface area contributed by atoms with Crippen LogP contribution in [0.5, 0.6) is 23.0 Å². The Kier molecular flexibility index (Phi) is 25.7. The molecule has 0 fully saturated rings. The fourth-order valence-corrected chi connectivity index (χ4v) is 7.46. The summed E-state index contributed by atoms with van der Waals surface area (Å²) in [5.41, 5.74) is 3.29. The lowest BCUT2D eigenvalue weighted by atomic mass is 9.68. The largest absolute Gasteiger partial charge is 0.491 e. The number of carbonyl (C=O) groups is 4. The molecule has 0 bridgehead atoms. The maximum atomic E-state index is 11.8. The van der Waals surface area contributed by atoms with Gasteiger partial charge in [-0.3, -0.25) is 0 Å². The molecule has 16 nitrogen and oxygen atoms in total. The molecule has 0 spiro atoms. The van der Waals surface area contributed by atoms with Crippen LogP contribution in [0.2, 0.25) is 0 Å². The Balaban J connectivity index is 1.62. The minimum Gasteiger partial charge on any atom is -0.491 e. The van der Waals surface area contributed by atoms with Crippen molar-refractivity contribution in [2.45, 2.75) is 89.6 Å². The number of aliphatic hydroxyl groups excluding tert-OH is 4. The van der Waals surface area contributed by atoms with Gasteiger partial charge in [0.15, 0.2) is 0 Å². The molecule has 4 N–H and O–H groups in total. The first kappa shape index (κ1) is 59.3. The first-order valence-electron chi connectivity index (χ1n) is 24.5. The highest BCUT2D eigenvalue weighted by molar-refractivity contribution is 5.82. The Labute approximate surface area is 433 Å². The van der Waals surface area contributed by atoms with E-state index in [9.17, 15) is 39.6 Å². The molecule has 0 aromatic heterocycles. The molecular formula is C58H70O16. The first-order valence-corrected chi connectivity index (χ1v) is 24.5.